The van der Waals surface area contributed by atoms with Gasteiger partial charge in [0.1, 0.15) is 0 Å². The monoisotopic (exact) mass is 357 g/mol. The predicted octanol–water partition coefficient (Wildman–Crippen LogP) is 2.94. The molecule has 2 aromatic rings. The number of hydrogen-bond acceptors (Lipinski definition) is 3. The molecule has 0 aromatic heterocycles. The number of rotatable bonds is 5. The van der Waals surface area contributed by atoms with Crippen LogP contribution in [0, 0.1) is 6.92 Å². The maximum absolute atomic E-state index is 12.4. The minimum atomic E-state index is -0.553. The van der Waals surface area contributed by atoms with Crippen LogP contribution in [0.2, 0.25) is 5.02 Å². The van der Waals surface area contributed by atoms with Crippen LogP contribution in [0.15, 0.2) is 48.5 Å². The Morgan fingerprint density at radius 3 is 2.24 bits per heavy atom. The molecule has 5 nitrogen and oxygen atoms in total. The lowest BCUT2D eigenvalue weighted by atomic mass is 9.95. The Kier molecular flexibility index (Phi) is 4.95. The van der Waals surface area contributed by atoms with Crippen molar-refractivity contribution in [1.29, 1.82) is 0 Å². The molecule has 0 unspecified atom stereocenters. The van der Waals surface area contributed by atoms with Crippen molar-refractivity contribution in [1.82, 2.24) is 10.9 Å². The number of hydrogen-bond donors (Lipinski definition) is 3. The van der Waals surface area contributed by atoms with Gasteiger partial charge in [-0.1, -0.05) is 41.4 Å². The van der Waals surface area contributed by atoms with Crippen LogP contribution in [-0.2, 0) is 15.0 Å². The fraction of sp³-hybridized carbons (Fsp3) is 0.263. The van der Waals surface area contributed by atoms with Gasteiger partial charge < -0.3 is 5.32 Å². The van der Waals surface area contributed by atoms with Gasteiger partial charge >= 0.3 is 0 Å². The highest BCUT2D eigenvalue weighted by atomic mass is 35.5. The van der Waals surface area contributed by atoms with Gasteiger partial charge in [-0.3, -0.25) is 20.4 Å². The van der Waals surface area contributed by atoms with E-state index in [1.165, 1.54) is 0 Å². The van der Waals surface area contributed by atoms with Gasteiger partial charge in [-0.2, -0.15) is 0 Å². The molecule has 2 amide bonds. The van der Waals surface area contributed by atoms with E-state index in [0.29, 0.717) is 5.02 Å². The van der Waals surface area contributed by atoms with E-state index < -0.39 is 5.41 Å². The quantitative estimate of drug-likeness (QED) is 0.720. The lowest BCUT2D eigenvalue weighted by Crippen LogP contribution is -2.48. The maximum Gasteiger partial charge on any atom is 0.257 e. The van der Waals surface area contributed by atoms with E-state index in [1.54, 1.807) is 12.1 Å². The summed E-state index contributed by atoms with van der Waals surface area (Å²) in [5.41, 5.74) is 7.37. The predicted molar refractivity (Wildman–Crippen MR) is 98.3 cm³/mol. The summed E-state index contributed by atoms with van der Waals surface area (Å²) < 4.78 is 0. The van der Waals surface area contributed by atoms with Gasteiger partial charge in [0.2, 0.25) is 5.91 Å². The van der Waals surface area contributed by atoms with Crippen molar-refractivity contribution in [2.24, 2.45) is 0 Å². The Morgan fingerprint density at radius 1 is 1.00 bits per heavy atom. The van der Waals surface area contributed by atoms with Crippen LogP contribution in [0.1, 0.15) is 24.0 Å². The molecule has 3 N–H and O–H groups in total. The molecule has 0 aliphatic heterocycles. The van der Waals surface area contributed by atoms with E-state index in [4.69, 9.17) is 11.6 Å². The van der Waals surface area contributed by atoms with Gasteiger partial charge in [0.05, 0.1) is 12.0 Å². The molecule has 2 aromatic carbocycles. The zero-order chi connectivity index (χ0) is 17.9. The standard InChI is InChI=1S/C19H20ClN3O2/c1-13-2-8-16(9-3-13)21-12-17(24)22-23-18(25)19(10-11-19)14-4-6-15(20)7-5-14/h2-9,21H,10-12H2,1H3,(H,22,24)(H,23,25). The summed E-state index contributed by atoms with van der Waals surface area (Å²) in [6.45, 7) is 2.08. The van der Waals surface area contributed by atoms with E-state index in [2.05, 4.69) is 16.2 Å². The molecule has 0 heterocycles. The fourth-order valence-electron chi connectivity index (χ4n) is 2.68. The summed E-state index contributed by atoms with van der Waals surface area (Å²) in [5.74, 6) is -0.501. The zero-order valence-electron chi connectivity index (χ0n) is 13.9. The molecule has 1 aliphatic carbocycles. The number of anilines is 1. The first-order valence-corrected chi connectivity index (χ1v) is 8.53. The summed E-state index contributed by atoms with van der Waals surface area (Å²) in [7, 11) is 0. The number of aryl methyl sites for hydroxylation is 1. The highest BCUT2D eigenvalue weighted by Crippen LogP contribution is 2.48. The Balaban J connectivity index is 1.49. The molecule has 130 valence electrons. The molecule has 0 bridgehead atoms. The first-order valence-electron chi connectivity index (χ1n) is 8.15. The average Bonchev–Trinajstić information content (AvgIpc) is 3.41. The van der Waals surface area contributed by atoms with Gasteiger partial charge in [-0.05, 0) is 49.6 Å². The number of carbonyl (C=O) groups excluding carboxylic acids is 2. The molecule has 1 saturated carbocycles. The Labute approximate surface area is 151 Å². The average molecular weight is 358 g/mol. The summed E-state index contributed by atoms with van der Waals surface area (Å²) >= 11 is 5.89. The number of benzene rings is 2. The highest BCUT2D eigenvalue weighted by molar-refractivity contribution is 6.30. The first-order chi connectivity index (χ1) is 12.0. The minimum absolute atomic E-state index is 0.0806. The zero-order valence-corrected chi connectivity index (χ0v) is 14.7. The van der Waals surface area contributed by atoms with Crippen molar-refractivity contribution in [3.63, 3.8) is 0 Å². The normalized spacial score (nSPS) is 14.5. The lowest BCUT2D eigenvalue weighted by molar-refractivity contribution is -0.129. The van der Waals surface area contributed by atoms with E-state index in [1.807, 2.05) is 43.3 Å². The highest BCUT2D eigenvalue weighted by Gasteiger charge is 2.51. The van der Waals surface area contributed by atoms with Crippen LogP contribution in [-0.4, -0.2) is 18.4 Å². The van der Waals surface area contributed by atoms with Crippen molar-refractivity contribution < 1.29 is 9.59 Å². The molecule has 6 heteroatoms. The SMILES string of the molecule is Cc1ccc(NCC(=O)NNC(=O)C2(c3ccc(Cl)cc3)CC2)cc1. The van der Waals surface area contributed by atoms with Gasteiger partial charge in [0.25, 0.3) is 5.91 Å². The Bertz CT molecular complexity index is 768. The number of amides is 2. The van der Waals surface area contributed by atoms with Crippen molar-refractivity contribution in [2.45, 2.75) is 25.2 Å². The molecule has 3 rings (SSSR count). The van der Waals surface area contributed by atoms with Crippen LogP contribution in [0.3, 0.4) is 0 Å². The molecule has 0 spiro atoms. The second-order valence-electron chi connectivity index (χ2n) is 6.31. The molecule has 1 fully saturated rings. The molecular formula is C19H20ClN3O2. The molecule has 0 radical (unpaired) electrons. The van der Waals surface area contributed by atoms with Gasteiger partial charge in [0.15, 0.2) is 0 Å². The Morgan fingerprint density at radius 2 is 1.64 bits per heavy atom. The smallest absolute Gasteiger partial charge is 0.257 e. The molecule has 0 atom stereocenters. The van der Waals surface area contributed by atoms with E-state index in [0.717, 1.165) is 29.7 Å². The summed E-state index contributed by atoms with van der Waals surface area (Å²) in [5, 5.41) is 3.64. The van der Waals surface area contributed by atoms with Crippen molar-refractivity contribution >= 4 is 29.1 Å². The third kappa shape index (κ3) is 4.12. The van der Waals surface area contributed by atoms with Crippen molar-refractivity contribution in [3.8, 4) is 0 Å². The summed E-state index contributed by atoms with van der Waals surface area (Å²) in [6.07, 6.45) is 1.52. The number of halogens is 1. The Hall–Kier alpha value is -2.53. The summed E-state index contributed by atoms with van der Waals surface area (Å²) in [4.78, 5) is 24.4. The van der Waals surface area contributed by atoms with Crippen LogP contribution >= 0.6 is 11.6 Å². The van der Waals surface area contributed by atoms with Gasteiger partial charge in [-0.15, -0.1) is 0 Å². The topological polar surface area (TPSA) is 70.2 Å². The minimum Gasteiger partial charge on any atom is -0.376 e. The number of nitrogens with one attached hydrogen (secondary N) is 3. The van der Waals surface area contributed by atoms with Crippen LogP contribution in [0.4, 0.5) is 5.69 Å². The molecule has 25 heavy (non-hydrogen) atoms. The molecule has 0 saturated heterocycles. The van der Waals surface area contributed by atoms with Gasteiger partial charge in [0, 0.05) is 10.7 Å². The van der Waals surface area contributed by atoms with Crippen molar-refractivity contribution in [2.75, 3.05) is 11.9 Å². The van der Waals surface area contributed by atoms with Gasteiger partial charge in [-0.25, -0.2) is 0 Å². The van der Waals surface area contributed by atoms with Crippen LogP contribution in [0.25, 0.3) is 0 Å². The second kappa shape index (κ2) is 7.15. The third-order valence-corrected chi connectivity index (χ3v) is 4.65. The van der Waals surface area contributed by atoms with Crippen LogP contribution < -0.4 is 16.2 Å². The van der Waals surface area contributed by atoms with Crippen LogP contribution in [0.5, 0.6) is 0 Å². The maximum atomic E-state index is 12.4. The lowest BCUT2D eigenvalue weighted by Gasteiger charge is -2.16. The van der Waals surface area contributed by atoms with E-state index >= 15 is 0 Å². The number of carbonyl (C=O) groups is 2. The second-order valence-corrected chi connectivity index (χ2v) is 6.75. The molecular weight excluding hydrogens is 338 g/mol. The third-order valence-electron chi connectivity index (χ3n) is 4.40. The van der Waals surface area contributed by atoms with E-state index in [-0.39, 0.29) is 18.4 Å². The first kappa shape index (κ1) is 17.3. The molecule has 1 aliphatic rings. The number of hydrazine groups is 1. The van der Waals surface area contributed by atoms with Crippen molar-refractivity contribution in [3.05, 3.63) is 64.7 Å². The fourth-order valence-corrected chi connectivity index (χ4v) is 2.81. The summed E-state index contributed by atoms with van der Waals surface area (Å²) in [6, 6.07) is 15.0. The van der Waals surface area contributed by atoms with E-state index in [9.17, 15) is 9.59 Å². The largest absolute Gasteiger partial charge is 0.376 e.